The number of imide groups is 1. The van der Waals surface area contributed by atoms with Crippen molar-refractivity contribution in [2.45, 2.75) is 6.92 Å². The minimum absolute atomic E-state index is 0.302. The summed E-state index contributed by atoms with van der Waals surface area (Å²) in [5.41, 5.74) is 1.43. The van der Waals surface area contributed by atoms with Gasteiger partial charge in [0, 0.05) is 5.02 Å². The second-order valence-electron chi connectivity index (χ2n) is 5.04. The van der Waals surface area contributed by atoms with Crippen molar-refractivity contribution in [3.05, 3.63) is 69.0 Å². The lowest BCUT2D eigenvalue weighted by atomic mass is 10.1. The van der Waals surface area contributed by atoms with Crippen LogP contribution in [-0.2, 0) is 9.59 Å². The standard InChI is InChI=1S/C18H13Cl2NO2S/c1-2-24-16-15(11-6-4-3-5-7-11)17(22)21(18(16)23)14-10-12(19)8-9-13(14)20/h3-10H,2H2,1H3. The quantitative estimate of drug-likeness (QED) is 0.701. The van der Waals surface area contributed by atoms with Crippen LogP contribution in [-0.4, -0.2) is 17.6 Å². The highest BCUT2D eigenvalue weighted by molar-refractivity contribution is 8.04. The van der Waals surface area contributed by atoms with Gasteiger partial charge in [-0.15, -0.1) is 11.8 Å². The Morgan fingerprint density at radius 3 is 2.38 bits per heavy atom. The molecule has 1 heterocycles. The van der Waals surface area contributed by atoms with Crippen LogP contribution in [0.3, 0.4) is 0 Å². The molecule has 0 aliphatic carbocycles. The fourth-order valence-electron chi connectivity index (χ4n) is 2.52. The van der Waals surface area contributed by atoms with Crippen LogP contribution in [0.25, 0.3) is 5.57 Å². The van der Waals surface area contributed by atoms with Gasteiger partial charge in [0.1, 0.15) is 0 Å². The first-order chi connectivity index (χ1) is 11.5. The summed E-state index contributed by atoms with van der Waals surface area (Å²) in [4.78, 5) is 27.4. The topological polar surface area (TPSA) is 37.4 Å². The van der Waals surface area contributed by atoms with Gasteiger partial charge >= 0.3 is 0 Å². The number of nitrogens with zero attached hydrogens (tertiary/aromatic N) is 1. The molecule has 1 aliphatic heterocycles. The first kappa shape index (κ1) is 17.1. The Bertz CT molecular complexity index is 849. The molecule has 3 rings (SSSR count). The Balaban J connectivity index is 2.13. The molecule has 0 fully saturated rings. The zero-order chi connectivity index (χ0) is 17.3. The third-order valence-electron chi connectivity index (χ3n) is 3.54. The minimum atomic E-state index is -0.383. The number of hydrogen-bond acceptors (Lipinski definition) is 3. The van der Waals surface area contributed by atoms with Crippen LogP contribution in [0.1, 0.15) is 12.5 Å². The average Bonchev–Trinajstić information content (AvgIpc) is 2.82. The van der Waals surface area contributed by atoms with E-state index in [2.05, 4.69) is 0 Å². The summed E-state index contributed by atoms with van der Waals surface area (Å²) in [5.74, 6) is -0.0666. The lowest BCUT2D eigenvalue weighted by Gasteiger charge is -2.17. The first-order valence-corrected chi connectivity index (χ1v) is 9.05. The molecule has 0 unspecified atom stereocenters. The summed E-state index contributed by atoms with van der Waals surface area (Å²) < 4.78 is 0. The van der Waals surface area contributed by atoms with E-state index in [0.717, 1.165) is 4.90 Å². The predicted molar refractivity (Wildman–Crippen MR) is 100 cm³/mol. The number of anilines is 1. The smallest absolute Gasteiger partial charge is 0.268 e. The number of rotatable bonds is 4. The fourth-order valence-corrected chi connectivity index (χ4v) is 3.74. The number of carbonyl (C=O) groups excluding carboxylic acids is 2. The van der Waals surface area contributed by atoms with Crippen molar-refractivity contribution in [2.24, 2.45) is 0 Å². The van der Waals surface area contributed by atoms with Crippen LogP contribution in [0.5, 0.6) is 0 Å². The summed E-state index contributed by atoms with van der Waals surface area (Å²) in [6.45, 7) is 1.94. The molecule has 0 atom stereocenters. The third kappa shape index (κ3) is 2.97. The highest BCUT2D eigenvalue weighted by Crippen LogP contribution is 2.40. The van der Waals surface area contributed by atoms with Gasteiger partial charge in [-0.2, -0.15) is 0 Å². The van der Waals surface area contributed by atoms with Crippen molar-refractivity contribution < 1.29 is 9.59 Å². The van der Waals surface area contributed by atoms with Gasteiger partial charge in [0.25, 0.3) is 11.8 Å². The number of hydrogen-bond donors (Lipinski definition) is 0. The molecule has 0 radical (unpaired) electrons. The van der Waals surface area contributed by atoms with Crippen LogP contribution in [0.2, 0.25) is 10.0 Å². The van der Waals surface area contributed by atoms with Crippen LogP contribution in [0.4, 0.5) is 5.69 Å². The van der Waals surface area contributed by atoms with Gasteiger partial charge < -0.3 is 0 Å². The Morgan fingerprint density at radius 2 is 1.71 bits per heavy atom. The van der Waals surface area contributed by atoms with E-state index in [0.29, 0.717) is 37.5 Å². The predicted octanol–water partition coefficient (Wildman–Crippen LogP) is 5.03. The number of thioether (sulfide) groups is 1. The van der Waals surface area contributed by atoms with Gasteiger partial charge in [-0.3, -0.25) is 9.59 Å². The molecular weight excluding hydrogens is 365 g/mol. The molecule has 0 spiro atoms. The Labute approximate surface area is 154 Å². The maximum absolute atomic E-state index is 13.0. The van der Waals surface area contributed by atoms with E-state index >= 15 is 0 Å². The normalized spacial score (nSPS) is 14.7. The Morgan fingerprint density at radius 1 is 1.00 bits per heavy atom. The van der Waals surface area contributed by atoms with Crippen molar-refractivity contribution in [3.8, 4) is 0 Å². The van der Waals surface area contributed by atoms with Gasteiger partial charge in [-0.25, -0.2) is 4.90 Å². The van der Waals surface area contributed by atoms with Crippen molar-refractivity contribution in [1.29, 1.82) is 0 Å². The van der Waals surface area contributed by atoms with E-state index < -0.39 is 0 Å². The van der Waals surface area contributed by atoms with Crippen LogP contribution in [0, 0.1) is 0 Å². The number of benzene rings is 2. The summed E-state index contributed by atoms with van der Waals surface area (Å²) >= 11 is 13.6. The zero-order valence-electron chi connectivity index (χ0n) is 12.8. The molecule has 0 aromatic heterocycles. The maximum Gasteiger partial charge on any atom is 0.272 e. The SMILES string of the molecule is CCSC1=C(c2ccccc2)C(=O)N(c2cc(Cl)ccc2Cl)C1=O. The Hall–Kier alpha value is -1.75. The number of carbonyl (C=O) groups is 2. The molecule has 122 valence electrons. The summed E-state index contributed by atoms with van der Waals surface area (Å²) in [6.07, 6.45) is 0. The summed E-state index contributed by atoms with van der Waals surface area (Å²) in [5, 5.41) is 0.712. The molecule has 2 amide bonds. The van der Waals surface area contributed by atoms with Gasteiger partial charge in [0.2, 0.25) is 0 Å². The van der Waals surface area contributed by atoms with Crippen LogP contribution < -0.4 is 4.90 Å². The van der Waals surface area contributed by atoms with Crippen molar-refractivity contribution in [2.75, 3.05) is 10.7 Å². The first-order valence-electron chi connectivity index (χ1n) is 7.31. The van der Waals surface area contributed by atoms with Crippen LogP contribution >= 0.6 is 35.0 Å². The average molecular weight is 378 g/mol. The van der Waals surface area contributed by atoms with Crippen molar-refractivity contribution >= 4 is 58.0 Å². The highest BCUT2D eigenvalue weighted by atomic mass is 35.5. The summed E-state index contributed by atoms with van der Waals surface area (Å²) in [6, 6.07) is 13.9. The zero-order valence-corrected chi connectivity index (χ0v) is 15.1. The molecular formula is C18H13Cl2NO2S. The van der Waals surface area contributed by atoms with E-state index in [1.54, 1.807) is 12.1 Å². The maximum atomic E-state index is 13.0. The second kappa shape index (κ2) is 7.01. The van der Waals surface area contributed by atoms with E-state index in [-0.39, 0.29) is 11.8 Å². The lowest BCUT2D eigenvalue weighted by molar-refractivity contribution is -0.119. The van der Waals surface area contributed by atoms with Crippen molar-refractivity contribution in [1.82, 2.24) is 0 Å². The molecule has 1 aliphatic rings. The lowest BCUT2D eigenvalue weighted by Crippen LogP contribution is -2.31. The monoisotopic (exact) mass is 377 g/mol. The third-order valence-corrected chi connectivity index (χ3v) is 5.05. The van der Waals surface area contributed by atoms with E-state index in [9.17, 15) is 9.59 Å². The molecule has 0 N–H and O–H groups in total. The fraction of sp³-hybridized carbons (Fsp3) is 0.111. The van der Waals surface area contributed by atoms with E-state index in [1.807, 2.05) is 37.3 Å². The number of halogens is 2. The Kier molecular flexibility index (Phi) is 4.99. The molecule has 0 saturated heterocycles. The van der Waals surface area contributed by atoms with Gasteiger partial charge in [-0.05, 0) is 29.5 Å². The van der Waals surface area contributed by atoms with E-state index in [1.165, 1.54) is 17.8 Å². The largest absolute Gasteiger partial charge is 0.272 e. The molecule has 6 heteroatoms. The van der Waals surface area contributed by atoms with Crippen molar-refractivity contribution in [3.63, 3.8) is 0 Å². The van der Waals surface area contributed by atoms with E-state index in [4.69, 9.17) is 23.2 Å². The minimum Gasteiger partial charge on any atom is -0.268 e. The van der Waals surface area contributed by atoms with Gasteiger partial charge in [0.15, 0.2) is 0 Å². The molecule has 2 aromatic carbocycles. The highest BCUT2D eigenvalue weighted by Gasteiger charge is 2.40. The molecule has 3 nitrogen and oxygen atoms in total. The molecule has 24 heavy (non-hydrogen) atoms. The second-order valence-corrected chi connectivity index (χ2v) is 7.16. The molecule has 0 saturated carbocycles. The van der Waals surface area contributed by atoms with Gasteiger partial charge in [0.05, 0.1) is 21.2 Å². The summed E-state index contributed by atoms with van der Waals surface area (Å²) in [7, 11) is 0. The number of amides is 2. The van der Waals surface area contributed by atoms with Crippen LogP contribution in [0.15, 0.2) is 53.4 Å². The molecule has 2 aromatic rings. The molecule has 0 bridgehead atoms. The van der Waals surface area contributed by atoms with Gasteiger partial charge in [-0.1, -0.05) is 60.5 Å².